The zero-order valence-electron chi connectivity index (χ0n) is 8.48. The van der Waals surface area contributed by atoms with Crippen LogP contribution in [0.1, 0.15) is 5.56 Å². The maximum absolute atomic E-state index is 5.81. The third-order valence-electron chi connectivity index (χ3n) is 1.95. The molecule has 78 valence electrons. The number of benzene rings is 2. The average Bonchev–Trinajstić information content (AvgIpc) is 2.33. The van der Waals surface area contributed by atoms with Crippen LogP contribution in [0.2, 0.25) is 5.02 Å². The number of hydrogen-bond acceptors (Lipinski definition) is 0. The summed E-state index contributed by atoms with van der Waals surface area (Å²) in [5.41, 5.74) is 1.07. The van der Waals surface area contributed by atoms with Crippen molar-refractivity contribution in [3.63, 3.8) is 0 Å². The second kappa shape index (κ2) is 5.77. The fourth-order valence-electron chi connectivity index (χ4n) is 1.17. The Kier molecular flexibility index (Phi) is 4.08. The fraction of sp³-hybridized carbons (Fsp3) is 0. The molecule has 0 atom stereocenters. The van der Waals surface area contributed by atoms with E-state index < -0.39 is 0 Å². The molecule has 0 spiro atoms. The first-order valence-corrected chi connectivity index (χ1v) is 6.92. The Bertz CT molecular complexity index is 506. The molecule has 0 aliphatic carbocycles. The molecule has 0 radical (unpaired) electrons. The molecule has 0 saturated heterocycles. The van der Waals surface area contributed by atoms with Gasteiger partial charge in [-0.1, -0.05) is 0 Å². The van der Waals surface area contributed by atoms with Crippen molar-refractivity contribution in [2.24, 2.45) is 0 Å². The molecule has 0 fully saturated rings. The quantitative estimate of drug-likeness (QED) is 0.560. The van der Waals surface area contributed by atoms with Gasteiger partial charge in [0.15, 0.2) is 0 Å². The molecule has 2 heteroatoms. The molecule has 0 N–H and O–H groups in total. The zero-order valence-corrected chi connectivity index (χ0v) is 11.0. The van der Waals surface area contributed by atoms with E-state index in [1.165, 1.54) is 4.46 Å². The zero-order chi connectivity index (χ0) is 11.2. The van der Waals surface area contributed by atoms with Crippen molar-refractivity contribution in [3.05, 3.63) is 65.2 Å². The fourth-order valence-corrected chi connectivity index (χ4v) is 2.47. The van der Waals surface area contributed by atoms with Gasteiger partial charge in [0.05, 0.1) is 0 Å². The molecule has 0 heterocycles. The summed E-state index contributed by atoms with van der Waals surface area (Å²) in [6.07, 6.45) is 0. The van der Waals surface area contributed by atoms with E-state index in [1.54, 1.807) is 0 Å². The molecule has 2 aromatic rings. The van der Waals surface area contributed by atoms with Crippen molar-refractivity contribution < 1.29 is 0 Å². The molecule has 0 saturated carbocycles. The van der Waals surface area contributed by atoms with E-state index in [2.05, 4.69) is 10.7 Å². The van der Waals surface area contributed by atoms with Crippen LogP contribution in [0.3, 0.4) is 0 Å². The topological polar surface area (TPSA) is 0 Å². The molecule has 0 aromatic heterocycles. The van der Waals surface area contributed by atoms with Crippen LogP contribution in [-0.2, 0) is 0 Å². The molecule has 16 heavy (non-hydrogen) atoms. The molecule has 0 aliphatic rings. The minimum atomic E-state index is 0.195. The van der Waals surface area contributed by atoms with Crippen molar-refractivity contribution in [1.29, 1.82) is 0 Å². The van der Waals surface area contributed by atoms with E-state index in [1.807, 2.05) is 54.6 Å². The van der Waals surface area contributed by atoms with Gasteiger partial charge in [-0.15, -0.1) is 0 Å². The Morgan fingerprint density at radius 1 is 0.875 bits per heavy atom. The first-order chi connectivity index (χ1) is 7.84. The van der Waals surface area contributed by atoms with E-state index in [4.69, 9.17) is 11.6 Å². The number of halogens is 1. The van der Waals surface area contributed by atoms with Gasteiger partial charge >= 0.3 is 107 Å². The Labute approximate surface area is 107 Å². The predicted octanol–water partition coefficient (Wildman–Crippen LogP) is 2.68. The molecule has 0 nitrogen and oxygen atoms in total. The summed E-state index contributed by atoms with van der Waals surface area (Å²) in [5.74, 6) is 3.15. The normalized spacial score (nSPS) is 9.31. The molecule has 0 unspecified atom stereocenters. The van der Waals surface area contributed by atoms with Crippen LogP contribution >= 0.6 is 11.6 Å². The average molecular weight is 292 g/mol. The van der Waals surface area contributed by atoms with E-state index in [-0.39, 0.29) is 15.0 Å². The number of rotatable bonds is 1. The first-order valence-electron chi connectivity index (χ1n) is 4.83. The molecular formula is C14H9ClSe. The standard InChI is InChI=1S/C14H9ClSe/c15-13-6-8-14(9-7-13)16-11-10-12-4-2-1-3-5-12/h1-9H. The van der Waals surface area contributed by atoms with Crippen LogP contribution in [0.15, 0.2) is 54.6 Å². The first kappa shape index (κ1) is 11.3. The Balaban J connectivity index is 2.03. The summed E-state index contributed by atoms with van der Waals surface area (Å²) >= 11 is 6.01. The van der Waals surface area contributed by atoms with Gasteiger partial charge in [0, 0.05) is 0 Å². The Morgan fingerprint density at radius 3 is 2.25 bits per heavy atom. The maximum atomic E-state index is 5.81. The SMILES string of the molecule is Clc1ccc([Se]C#Cc2ccccc2)cc1. The van der Waals surface area contributed by atoms with Gasteiger partial charge in [0.1, 0.15) is 0 Å². The monoisotopic (exact) mass is 292 g/mol. The van der Waals surface area contributed by atoms with Crippen LogP contribution < -0.4 is 4.46 Å². The van der Waals surface area contributed by atoms with Gasteiger partial charge in [-0.2, -0.15) is 0 Å². The summed E-state index contributed by atoms with van der Waals surface area (Å²) in [6, 6.07) is 17.9. The Morgan fingerprint density at radius 2 is 1.56 bits per heavy atom. The molecule has 0 amide bonds. The minimum absolute atomic E-state index is 0.195. The second-order valence-corrected chi connectivity index (χ2v) is 5.43. The third-order valence-corrected chi connectivity index (χ3v) is 3.70. The van der Waals surface area contributed by atoms with E-state index in [0.29, 0.717) is 0 Å². The second-order valence-electron chi connectivity index (χ2n) is 3.15. The van der Waals surface area contributed by atoms with Crippen LogP contribution in [0.5, 0.6) is 0 Å². The van der Waals surface area contributed by atoms with Gasteiger partial charge in [-0.25, -0.2) is 0 Å². The van der Waals surface area contributed by atoms with Gasteiger partial charge in [-0.05, 0) is 0 Å². The Hall–Kier alpha value is -1.19. The van der Waals surface area contributed by atoms with Crippen molar-refractivity contribution in [3.8, 4) is 10.7 Å². The molecule has 2 aromatic carbocycles. The van der Waals surface area contributed by atoms with Gasteiger partial charge < -0.3 is 0 Å². The number of hydrogen-bond donors (Lipinski definition) is 0. The van der Waals surface area contributed by atoms with E-state index in [0.717, 1.165) is 10.6 Å². The molecule has 0 bridgehead atoms. The van der Waals surface area contributed by atoms with Crippen LogP contribution in [0.4, 0.5) is 0 Å². The van der Waals surface area contributed by atoms with Crippen LogP contribution in [0.25, 0.3) is 0 Å². The predicted molar refractivity (Wildman–Crippen MR) is 70.2 cm³/mol. The van der Waals surface area contributed by atoms with Crippen molar-refractivity contribution in [2.75, 3.05) is 0 Å². The van der Waals surface area contributed by atoms with Crippen molar-refractivity contribution in [2.45, 2.75) is 0 Å². The summed E-state index contributed by atoms with van der Waals surface area (Å²) in [7, 11) is 0. The third kappa shape index (κ3) is 3.43. The van der Waals surface area contributed by atoms with Gasteiger partial charge in [0.25, 0.3) is 0 Å². The van der Waals surface area contributed by atoms with Crippen molar-refractivity contribution in [1.82, 2.24) is 0 Å². The molecular weight excluding hydrogens is 283 g/mol. The van der Waals surface area contributed by atoms with Gasteiger partial charge in [-0.3, -0.25) is 0 Å². The van der Waals surface area contributed by atoms with E-state index >= 15 is 0 Å². The van der Waals surface area contributed by atoms with Gasteiger partial charge in [0.2, 0.25) is 0 Å². The van der Waals surface area contributed by atoms with Crippen LogP contribution in [-0.4, -0.2) is 15.0 Å². The van der Waals surface area contributed by atoms with E-state index in [9.17, 15) is 0 Å². The van der Waals surface area contributed by atoms with Crippen LogP contribution in [0, 0.1) is 10.7 Å². The summed E-state index contributed by atoms with van der Waals surface area (Å²) in [4.78, 5) is 3.21. The molecule has 0 aliphatic heterocycles. The summed E-state index contributed by atoms with van der Waals surface area (Å²) in [6.45, 7) is 0. The van der Waals surface area contributed by atoms with Crippen molar-refractivity contribution >= 4 is 31.0 Å². The summed E-state index contributed by atoms with van der Waals surface area (Å²) < 4.78 is 1.25. The summed E-state index contributed by atoms with van der Waals surface area (Å²) in [5, 5.41) is 0.774. The molecule has 2 rings (SSSR count).